The fourth-order valence-electron chi connectivity index (χ4n) is 1.82. The zero-order valence-electron chi connectivity index (χ0n) is 10.6. The van der Waals surface area contributed by atoms with E-state index in [1.54, 1.807) is 6.07 Å². The van der Waals surface area contributed by atoms with Crippen LogP contribution in [0, 0.1) is 18.6 Å². The van der Waals surface area contributed by atoms with E-state index in [1.165, 1.54) is 23.4 Å². The second-order valence-electron chi connectivity index (χ2n) is 4.32. The lowest BCUT2D eigenvalue weighted by atomic mass is 10.1. The Bertz CT molecular complexity index is 584. The van der Waals surface area contributed by atoms with Crippen molar-refractivity contribution in [2.45, 2.75) is 23.1 Å². The normalized spacial score (nSPS) is 10.7. The predicted molar refractivity (Wildman–Crippen MR) is 74.4 cm³/mol. The molecule has 0 heterocycles. The van der Waals surface area contributed by atoms with Gasteiger partial charge >= 0.3 is 0 Å². The third kappa shape index (κ3) is 3.55. The third-order valence-corrected chi connectivity index (χ3v) is 3.96. The molecule has 0 aliphatic carbocycles. The topological polar surface area (TPSA) is 26.0 Å². The van der Waals surface area contributed by atoms with Gasteiger partial charge in [-0.25, -0.2) is 8.78 Å². The van der Waals surface area contributed by atoms with E-state index >= 15 is 0 Å². The highest BCUT2D eigenvalue weighted by molar-refractivity contribution is 7.99. The number of benzene rings is 2. The number of aryl methyl sites for hydroxylation is 1. The van der Waals surface area contributed by atoms with Crippen LogP contribution in [0.4, 0.5) is 8.78 Å². The van der Waals surface area contributed by atoms with Gasteiger partial charge in [0, 0.05) is 9.79 Å². The molecule has 0 unspecified atom stereocenters. The summed E-state index contributed by atoms with van der Waals surface area (Å²) in [5, 5.41) is 0. The van der Waals surface area contributed by atoms with Crippen molar-refractivity contribution in [3.8, 4) is 0 Å². The van der Waals surface area contributed by atoms with Crippen LogP contribution in [0.1, 0.15) is 11.1 Å². The Kier molecular flexibility index (Phi) is 4.56. The molecule has 0 amide bonds. The maximum absolute atomic E-state index is 13.1. The average Bonchev–Trinajstić information content (AvgIpc) is 2.37. The highest BCUT2D eigenvalue weighted by Gasteiger charge is 2.06. The standard InChI is InChI=1S/C15H15F2NS/c1-10-8-11(6-7-18)2-5-15(10)19-12-3-4-13(16)14(17)9-12/h2-5,8-9H,6-7,18H2,1H3. The molecule has 0 aliphatic rings. The molecule has 0 atom stereocenters. The first-order chi connectivity index (χ1) is 9.10. The van der Waals surface area contributed by atoms with Gasteiger partial charge in [-0.1, -0.05) is 23.9 Å². The molecule has 2 aromatic rings. The minimum Gasteiger partial charge on any atom is -0.330 e. The molecule has 0 aromatic heterocycles. The molecular formula is C15H15F2NS. The van der Waals surface area contributed by atoms with Crippen LogP contribution in [0.5, 0.6) is 0 Å². The van der Waals surface area contributed by atoms with E-state index in [4.69, 9.17) is 5.73 Å². The van der Waals surface area contributed by atoms with Crippen LogP contribution in [0.2, 0.25) is 0 Å². The van der Waals surface area contributed by atoms with Gasteiger partial charge in [0.15, 0.2) is 11.6 Å². The van der Waals surface area contributed by atoms with E-state index in [-0.39, 0.29) is 0 Å². The van der Waals surface area contributed by atoms with E-state index in [9.17, 15) is 8.78 Å². The molecule has 0 saturated heterocycles. The summed E-state index contributed by atoms with van der Waals surface area (Å²) < 4.78 is 26.0. The van der Waals surface area contributed by atoms with Gasteiger partial charge in [-0.2, -0.15) is 0 Å². The molecule has 0 fully saturated rings. The molecule has 2 rings (SSSR count). The quantitative estimate of drug-likeness (QED) is 0.917. The number of nitrogens with two attached hydrogens (primary N) is 1. The Morgan fingerprint density at radius 1 is 1.05 bits per heavy atom. The Labute approximate surface area is 115 Å². The van der Waals surface area contributed by atoms with Crippen molar-refractivity contribution in [3.05, 3.63) is 59.2 Å². The fraction of sp³-hybridized carbons (Fsp3) is 0.200. The van der Waals surface area contributed by atoms with Crippen LogP contribution >= 0.6 is 11.8 Å². The van der Waals surface area contributed by atoms with Crippen molar-refractivity contribution in [2.24, 2.45) is 5.73 Å². The van der Waals surface area contributed by atoms with Crippen LogP contribution in [-0.4, -0.2) is 6.54 Å². The molecule has 100 valence electrons. The minimum absolute atomic E-state index is 0.620. The average molecular weight is 279 g/mol. The summed E-state index contributed by atoms with van der Waals surface area (Å²) in [5.41, 5.74) is 7.82. The van der Waals surface area contributed by atoms with Crippen LogP contribution in [-0.2, 0) is 6.42 Å². The first-order valence-electron chi connectivity index (χ1n) is 6.02. The van der Waals surface area contributed by atoms with Crippen LogP contribution in [0.25, 0.3) is 0 Å². The van der Waals surface area contributed by atoms with Gasteiger partial charge in [-0.15, -0.1) is 0 Å². The van der Waals surface area contributed by atoms with Crippen molar-refractivity contribution in [1.82, 2.24) is 0 Å². The monoisotopic (exact) mass is 279 g/mol. The molecule has 1 nitrogen and oxygen atoms in total. The summed E-state index contributed by atoms with van der Waals surface area (Å²) in [4.78, 5) is 1.72. The van der Waals surface area contributed by atoms with Crippen molar-refractivity contribution in [1.29, 1.82) is 0 Å². The van der Waals surface area contributed by atoms with Crippen molar-refractivity contribution >= 4 is 11.8 Å². The van der Waals surface area contributed by atoms with Crippen molar-refractivity contribution in [2.75, 3.05) is 6.54 Å². The first-order valence-corrected chi connectivity index (χ1v) is 6.84. The minimum atomic E-state index is -0.820. The summed E-state index contributed by atoms with van der Waals surface area (Å²) in [6, 6.07) is 10.0. The fourth-order valence-corrected chi connectivity index (χ4v) is 2.72. The second-order valence-corrected chi connectivity index (χ2v) is 5.43. The molecule has 0 saturated carbocycles. The molecule has 4 heteroatoms. The Balaban J connectivity index is 2.20. The summed E-state index contributed by atoms with van der Waals surface area (Å²) in [5.74, 6) is -1.64. The number of halogens is 2. The van der Waals surface area contributed by atoms with Crippen molar-refractivity contribution in [3.63, 3.8) is 0 Å². The number of rotatable bonds is 4. The second kappa shape index (κ2) is 6.17. The van der Waals surface area contributed by atoms with Gasteiger partial charge in [-0.05, 0) is 55.3 Å². The first kappa shape index (κ1) is 14.0. The van der Waals surface area contributed by atoms with Gasteiger partial charge in [0.05, 0.1) is 0 Å². The van der Waals surface area contributed by atoms with Gasteiger partial charge in [-0.3, -0.25) is 0 Å². The number of hydrogen-bond acceptors (Lipinski definition) is 2. The van der Waals surface area contributed by atoms with Gasteiger partial charge in [0.1, 0.15) is 0 Å². The number of hydrogen-bond donors (Lipinski definition) is 1. The van der Waals surface area contributed by atoms with Gasteiger partial charge in [0.2, 0.25) is 0 Å². The third-order valence-electron chi connectivity index (χ3n) is 2.79. The maximum Gasteiger partial charge on any atom is 0.159 e. The molecule has 0 spiro atoms. The van der Waals surface area contributed by atoms with E-state index < -0.39 is 11.6 Å². The van der Waals surface area contributed by atoms with Gasteiger partial charge < -0.3 is 5.73 Å². The Hall–Kier alpha value is -1.39. The largest absolute Gasteiger partial charge is 0.330 e. The Morgan fingerprint density at radius 2 is 1.84 bits per heavy atom. The van der Waals surface area contributed by atoms with Crippen molar-refractivity contribution < 1.29 is 8.78 Å². The molecule has 19 heavy (non-hydrogen) atoms. The predicted octanol–water partition coefficient (Wildman–Crippen LogP) is 3.93. The summed E-state index contributed by atoms with van der Waals surface area (Å²) in [6.07, 6.45) is 0.844. The molecule has 2 aromatic carbocycles. The van der Waals surface area contributed by atoms with E-state index in [2.05, 4.69) is 6.07 Å². The lowest BCUT2D eigenvalue weighted by molar-refractivity contribution is 0.506. The van der Waals surface area contributed by atoms with Gasteiger partial charge in [0.25, 0.3) is 0 Å². The molecule has 0 bridgehead atoms. The highest BCUT2D eigenvalue weighted by atomic mass is 32.2. The molecule has 0 aliphatic heterocycles. The summed E-state index contributed by atoms with van der Waals surface area (Å²) in [7, 11) is 0. The molecule has 0 radical (unpaired) electrons. The van der Waals surface area contributed by atoms with E-state index in [1.807, 2.05) is 19.1 Å². The van der Waals surface area contributed by atoms with E-state index in [0.717, 1.165) is 22.9 Å². The summed E-state index contributed by atoms with van der Waals surface area (Å²) >= 11 is 1.43. The van der Waals surface area contributed by atoms with Crippen LogP contribution in [0.3, 0.4) is 0 Å². The lowest BCUT2D eigenvalue weighted by Crippen LogP contribution is -2.02. The SMILES string of the molecule is Cc1cc(CCN)ccc1Sc1ccc(F)c(F)c1. The highest BCUT2D eigenvalue weighted by Crippen LogP contribution is 2.31. The van der Waals surface area contributed by atoms with Crippen LogP contribution < -0.4 is 5.73 Å². The summed E-state index contributed by atoms with van der Waals surface area (Å²) in [6.45, 7) is 2.62. The molecular weight excluding hydrogens is 264 g/mol. The lowest BCUT2D eigenvalue weighted by Gasteiger charge is -2.08. The zero-order valence-corrected chi connectivity index (χ0v) is 11.4. The van der Waals surface area contributed by atoms with Crippen LogP contribution in [0.15, 0.2) is 46.2 Å². The zero-order chi connectivity index (χ0) is 13.8. The molecule has 2 N–H and O–H groups in total. The van der Waals surface area contributed by atoms with E-state index in [0.29, 0.717) is 11.4 Å². The Morgan fingerprint density at radius 3 is 2.47 bits per heavy atom. The smallest absolute Gasteiger partial charge is 0.159 e. The maximum atomic E-state index is 13.1.